The van der Waals surface area contributed by atoms with Crippen molar-refractivity contribution in [2.24, 2.45) is 0 Å². The number of ether oxygens (including phenoxy) is 1. The van der Waals surface area contributed by atoms with Gasteiger partial charge in [0.05, 0.1) is 5.56 Å². The second-order valence-electron chi connectivity index (χ2n) is 6.60. The van der Waals surface area contributed by atoms with Gasteiger partial charge in [0.2, 0.25) is 0 Å². The van der Waals surface area contributed by atoms with Crippen molar-refractivity contribution in [3.63, 3.8) is 0 Å². The summed E-state index contributed by atoms with van der Waals surface area (Å²) in [6, 6.07) is 13.8. The number of hydrogen-bond acceptors (Lipinski definition) is 3. The lowest BCUT2D eigenvalue weighted by Gasteiger charge is -2.15. The van der Waals surface area contributed by atoms with Crippen molar-refractivity contribution in [3.05, 3.63) is 64.7 Å². The molecule has 1 aliphatic rings. The molecule has 0 bridgehead atoms. The Morgan fingerprint density at radius 2 is 1.76 bits per heavy atom. The van der Waals surface area contributed by atoms with Gasteiger partial charge in [-0.3, -0.25) is 9.59 Å². The molecule has 0 aromatic heterocycles. The molecule has 3 rings (SSSR count). The molecule has 2 atom stereocenters. The van der Waals surface area contributed by atoms with E-state index in [1.807, 2.05) is 45.0 Å². The smallest absolute Gasteiger partial charge is 0.166 e. The van der Waals surface area contributed by atoms with Crippen LogP contribution < -0.4 is 4.74 Å². The third kappa shape index (κ3) is 3.23. The van der Waals surface area contributed by atoms with Crippen LogP contribution in [0.15, 0.2) is 42.5 Å². The highest BCUT2D eigenvalue weighted by molar-refractivity contribution is 6.04. The van der Waals surface area contributed by atoms with E-state index in [4.69, 9.17) is 4.74 Å². The number of hydrogen-bond donors (Lipinski definition) is 0. The molecule has 0 N–H and O–H groups in total. The van der Waals surface area contributed by atoms with Gasteiger partial charge in [0.15, 0.2) is 11.6 Å². The Labute approximate surface area is 149 Å². The average Bonchev–Trinajstić information content (AvgIpc) is 2.96. The van der Waals surface area contributed by atoms with Crippen molar-refractivity contribution in [2.45, 2.75) is 52.1 Å². The molecule has 1 aliphatic heterocycles. The van der Waals surface area contributed by atoms with Crippen LogP contribution in [0.5, 0.6) is 5.75 Å². The SMILES string of the molecule is CCCC(=O)c1cc(C(=O)CC)c2c(c1)[C@H](c1ccccc1)[C@@H](C)O2. The van der Waals surface area contributed by atoms with Crippen LogP contribution in [0.3, 0.4) is 0 Å². The lowest BCUT2D eigenvalue weighted by atomic mass is 9.86. The van der Waals surface area contributed by atoms with E-state index in [0.717, 1.165) is 17.5 Å². The van der Waals surface area contributed by atoms with Gasteiger partial charge in [-0.1, -0.05) is 44.2 Å². The van der Waals surface area contributed by atoms with Crippen LogP contribution >= 0.6 is 0 Å². The maximum atomic E-state index is 12.5. The summed E-state index contributed by atoms with van der Waals surface area (Å²) in [5.74, 6) is 0.792. The summed E-state index contributed by atoms with van der Waals surface area (Å²) >= 11 is 0. The molecule has 2 aromatic rings. The van der Waals surface area contributed by atoms with E-state index < -0.39 is 0 Å². The fourth-order valence-electron chi connectivity index (χ4n) is 3.56. The van der Waals surface area contributed by atoms with Crippen LogP contribution in [0.1, 0.15) is 77.8 Å². The van der Waals surface area contributed by atoms with Gasteiger partial charge in [-0.05, 0) is 31.0 Å². The lowest BCUT2D eigenvalue weighted by Crippen LogP contribution is -2.15. The number of ketones is 2. The van der Waals surface area contributed by atoms with Crippen LogP contribution in [0.25, 0.3) is 0 Å². The summed E-state index contributed by atoms with van der Waals surface area (Å²) in [7, 11) is 0. The molecule has 0 radical (unpaired) electrons. The summed E-state index contributed by atoms with van der Waals surface area (Å²) in [6.45, 7) is 5.84. The number of fused-ring (bicyclic) bond motifs is 1. The zero-order valence-electron chi connectivity index (χ0n) is 15.0. The molecule has 3 heteroatoms. The maximum Gasteiger partial charge on any atom is 0.166 e. The minimum Gasteiger partial charge on any atom is -0.489 e. The van der Waals surface area contributed by atoms with Gasteiger partial charge in [-0.15, -0.1) is 0 Å². The summed E-state index contributed by atoms with van der Waals surface area (Å²) < 4.78 is 6.09. The first kappa shape index (κ1) is 17.4. The fraction of sp³-hybridized carbons (Fsp3) is 0.364. The Morgan fingerprint density at radius 1 is 1.04 bits per heavy atom. The van der Waals surface area contributed by atoms with Crippen molar-refractivity contribution < 1.29 is 14.3 Å². The zero-order valence-corrected chi connectivity index (χ0v) is 15.0. The molecule has 0 spiro atoms. The van der Waals surface area contributed by atoms with Crippen molar-refractivity contribution in [2.75, 3.05) is 0 Å². The van der Waals surface area contributed by atoms with Crippen molar-refractivity contribution in [3.8, 4) is 5.75 Å². The van der Waals surface area contributed by atoms with E-state index in [0.29, 0.717) is 29.7 Å². The molecule has 0 saturated heterocycles. The largest absolute Gasteiger partial charge is 0.489 e. The number of rotatable bonds is 6. The first-order valence-corrected chi connectivity index (χ1v) is 9.02. The van der Waals surface area contributed by atoms with Gasteiger partial charge >= 0.3 is 0 Å². The van der Waals surface area contributed by atoms with Crippen LogP contribution in [0.2, 0.25) is 0 Å². The summed E-state index contributed by atoms with van der Waals surface area (Å²) in [5, 5.41) is 0. The van der Waals surface area contributed by atoms with E-state index in [9.17, 15) is 9.59 Å². The molecule has 0 aliphatic carbocycles. The van der Waals surface area contributed by atoms with Gasteiger partial charge in [0.1, 0.15) is 11.9 Å². The van der Waals surface area contributed by atoms with Gasteiger partial charge in [0.25, 0.3) is 0 Å². The Morgan fingerprint density at radius 3 is 2.40 bits per heavy atom. The molecule has 25 heavy (non-hydrogen) atoms. The molecule has 3 nitrogen and oxygen atoms in total. The standard InChI is InChI=1S/C22H24O3/c1-4-9-20(24)16-12-17(19(23)5-2)22-18(13-16)21(14(3)25-22)15-10-7-6-8-11-15/h6-8,10-14,21H,4-5,9H2,1-3H3/t14-,21+/m1/s1. The van der Waals surface area contributed by atoms with Crippen molar-refractivity contribution in [1.82, 2.24) is 0 Å². The quantitative estimate of drug-likeness (QED) is 0.683. The minimum absolute atomic E-state index is 0.0170. The molecule has 0 amide bonds. The molecular formula is C22H24O3. The highest BCUT2D eigenvalue weighted by Gasteiger charge is 2.36. The van der Waals surface area contributed by atoms with Gasteiger partial charge < -0.3 is 4.74 Å². The molecule has 130 valence electrons. The van der Waals surface area contributed by atoms with Crippen LogP contribution in [-0.4, -0.2) is 17.7 Å². The lowest BCUT2D eigenvalue weighted by molar-refractivity contribution is 0.0981. The van der Waals surface area contributed by atoms with Crippen molar-refractivity contribution in [1.29, 1.82) is 0 Å². The predicted molar refractivity (Wildman–Crippen MR) is 98.7 cm³/mol. The Bertz CT molecular complexity index is 792. The zero-order chi connectivity index (χ0) is 18.0. The Hall–Kier alpha value is -2.42. The first-order valence-electron chi connectivity index (χ1n) is 9.02. The second-order valence-corrected chi connectivity index (χ2v) is 6.60. The van der Waals surface area contributed by atoms with E-state index in [2.05, 4.69) is 12.1 Å². The van der Waals surface area contributed by atoms with Crippen molar-refractivity contribution >= 4 is 11.6 Å². The average molecular weight is 336 g/mol. The summed E-state index contributed by atoms with van der Waals surface area (Å²) in [6.07, 6.45) is 1.61. The Kier molecular flexibility index (Phi) is 5.03. The number of Topliss-reactive ketones (excluding diaryl/α,β-unsaturated/α-hetero) is 2. The molecule has 0 saturated carbocycles. The molecule has 1 heterocycles. The van der Waals surface area contributed by atoms with Gasteiger partial charge in [-0.25, -0.2) is 0 Å². The maximum absolute atomic E-state index is 12.5. The third-order valence-corrected chi connectivity index (χ3v) is 4.81. The van der Waals surface area contributed by atoms with E-state index in [1.54, 1.807) is 6.07 Å². The number of carbonyl (C=O) groups excluding carboxylic acids is 2. The number of carbonyl (C=O) groups is 2. The molecular weight excluding hydrogens is 312 g/mol. The Balaban J connectivity index is 2.16. The second kappa shape index (κ2) is 7.22. The minimum atomic E-state index is -0.0719. The first-order chi connectivity index (χ1) is 12.1. The normalized spacial score (nSPS) is 18.5. The predicted octanol–water partition coefficient (Wildman–Crippen LogP) is 5.17. The monoisotopic (exact) mass is 336 g/mol. The van der Waals surface area contributed by atoms with Crippen LogP contribution in [-0.2, 0) is 0 Å². The number of benzene rings is 2. The van der Waals surface area contributed by atoms with E-state index in [-0.39, 0.29) is 23.6 Å². The summed E-state index contributed by atoms with van der Waals surface area (Å²) in [5.41, 5.74) is 3.27. The highest BCUT2D eigenvalue weighted by atomic mass is 16.5. The topological polar surface area (TPSA) is 43.4 Å². The van der Waals surface area contributed by atoms with E-state index in [1.165, 1.54) is 0 Å². The van der Waals surface area contributed by atoms with Crippen LogP contribution in [0, 0.1) is 0 Å². The van der Waals surface area contributed by atoms with Gasteiger partial charge in [0, 0.05) is 29.9 Å². The fourth-order valence-corrected chi connectivity index (χ4v) is 3.56. The van der Waals surface area contributed by atoms with E-state index >= 15 is 0 Å². The van der Waals surface area contributed by atoms with Gasteiger partial charge in [-0.2, -0.15) is 0 Å². The molecule has 0 unspecified atom stereocenters. The summed E-state index contributed by atoms with van der Waals surface area (Å²) in [4.78, 5) is 24.9. The van der Waals surface area contributed by atoms with Crippen LogP contribution in [0.4, 0.5) is 0 Å². The third-order valence-electron chi connectivity index (χ3n) is 4.81. The highest BCUT2D eigenvalue weighted by Crippen LogP contribution is 2.45. The molecule has 2 aromatic carbocycles. The molecule has 0 fully saturated rings.